The number of carbonyl (C=O) groups excluding carboxylic acids is 2. The number of aryl methyl sites for hydroxylation is 2. The van der Waals surface area contributed by atoms with E-state index in [-0.39, 0.29) is 68.7 Å². The van der Waals surface area contributed by atoms with Crippen molar-refractivity contribution in [1.82, 2.24) is 4.57 Å². The Hall–Kier alpha value is -3.25. The topological polar surface area (TPSA) is 182 Å². The molecule has 0 radical (unpaired) electrons. The standard InChI is InChI=1S/C33H42N4O10S2.Na/c1-5-34-26-16-14-24(32(38)46-7-3)22-28(26)36(18-10-20-48(40,41)42)30(34)12-9-13-31-35(6-2)27-17-15-25(33(39)47-8-4)23-29(27)37(31)19-11-21-49(43,44)45;/h9,12-17,22-23H,5-8,10-11,18-21H2,1-4H3,(H-,40,41,42,43,44,45);/q;+1/p-1. The summed E-state index contributed by atoms with van der Waals surface area (Å²) in [6.07, 6.45) is 5.54. The third kappa shape index (κ3) is 9.96. The number of carbonyl (C=O) groups is 2. The van der Waals surface area contributed by atoms with Crippen LogP contribution in [0.4, 0.5) is 11.4 Å². The van der Waals surface area contributed by atoms with Crippen LogP contribution in [0.2, 0.25) is 0 Å². The third-order valence-electron chi connectivity index (χ3n) is 7.92. The average Bonchev–Trinajstić information content (AvgIpc) is 3.50. The van der Waals surface area contributed by atoms with Crippen LogP contribution in [0.3, 0.4) is 0 Å². The number of hydrogen-bond donors (Lipinski definition) is 0. The summed E-state index contributed by atoms with van der Waals surface area (Å²) < 4.78 is 82.8. The molecule has 0 spiro atoms. The number of fused-ring (bicyclic) bond motifs is 2. The molecule has 4 rings (SSSR count). The Labute approximate surface area is 315 Å². The molecule has 0 bridgehead atoms. The van der Waals surface area contributed by atoms with E-state index < -0.39 is 43.7 Å². The molecule has 0 aliphatic carbocycles. The van der Waals surface area contributed by atoms with Crippen LogP contribution in [0, 0.1) is 0 Å². The van der Waals surface area contributed by atoms with E-state index in [0.717, 1.165) is 11.2 Å². The van der Waals surface area contributed by atoms with E-state index in [9.17, 15) is 35.5 Å². The first-order valence-corrected chi connectivity index (χ1v) is 19.2. The van der Waals surface area contributed by atoms with Crippen molar-refractivity contribution in [3.8, 4) is 0 Å². The molecule has 1 aliphatic heterocycles. The van der Waals surface area contributed by atoms with Crippen LogP contribution in [0.5, 0.6) is 0 Å². The summed E-state index contributed by atoms with van der Waals surface area (Å²) in [5.41, 5.74) is 3.51. The van der Waals surface area contributed by atoms with E-state index in [1.54, 1.807) is 56.3 Å². The summed E-state index contributed by atoms with van der Waals surface area (Å²) in [6.45, 7) is 9.10. The number of ether oxygens (including phenoxy) is 2. The summed E-state index contributed by atoms with van der Waals surface area (Å²) in [5.74, 6) is -0.776. The number of anilines is 2. The molecule has 3 aromatic rings. The molecule has 0 atom stereocenters. The molecular formula is C33H41N4NaO10S2. The van der Waals surface area contributed by atoms with Gasteiger partial charge in [-0.15, -0.1) is 0 Å². The van der Waals surface area contributed by atoms with E-state index in [1.807, 2.05) is 44.9 Å². The van der Waals surface area contributed by atoms with Gasteiger partial charge in [0.1, 0.15) is 5.82 Å². The number of benzene rings is 2. The maximum absolute atomic E-state index is 12.6. The van der Waals surface area contributed by atoms with Crippen molar-refractivity contribution in [2.45, 2.75) is 53.6 Å². The van der Waals surface area contributed by atoms with Gasteiger partial charge in [-0.25, -0.2) is 35.6 Å². The Morgan fingerprint density at radius 3 is 1.94 bits per heavy atom. The quantitative estimate of drug-likeness (QED) is 0.0854. The van der Waals surface area contributed by atoms with Gasteiger partial charge >= 0.3 is 41.5 Å². The molecule has 1 aliphatic rings. The zero-order valence-corrected chi connectivity index (χ0v) is 32.6. The van der Waals surface area contributed by atoms with Crippen molar-refractivity contribution >= 4 is 60.7 Å². The fraction of sp³-hybridized carbons (Fsp3) is 0.424. The van der Waals surface area contributed by atoms with Crippen LogP contribution in [-0.2, 0) is 42.8 Å². The zero-order valence-electron chi connectivity index (χ0n) is 29.0. The van der Waals surface area contributed by atoms with Crippen LogP contribution in [0.15, 0.2) is 54.4 Å². The number of hydrogen-bond acceptors (Lipinski definition) is 12. The second-order valence-electron chi connectivity index (χ2n) is 11.1. The molecule has 17 heteroatoms. The second-order valence-corrected chi connectivity index (χ2v) is 14.2. The third-order valence-corrected chi connectivity index (χ3v) is 9.49. The van der Waals surface area contributed by atoms with Gasteiger partial charge in [-0.05, 0) is 76.9 Å². The molecular weight excluding hydrogens is 700 g/mol. The van der Waals surface area contributed by atoms with Crippen molar-refractivity contribution in [1.29, 1.82) is 0 Å². The van der Waals surface area contributed by atoms with Crippen molar-refractivity contribution in [3.63, 3.8) is 0 Å². The second kappa shape index (κ2) is 17.8. The fourth-order valence-corrected chi connectivity index (χ4v) is 6.88. The summed E-state index contributed by atoms with van der Waals surface area (Å²) >= 11 is 0. The average molecular weight is 741 g/mol. The smallest absolute Gasteiger partial charge is 0.748 e. The number of nitrogens with zero attached hydrogens (tertiary/aromatic N) is 4. The molecule has 266 valence electrons. The molecule has 2 aromatic carbocycles. The number of allylic oxidation sites excluding steroid dienone is 2. The summed E-state index contributed by atoms with van der Waals surface area (Å²) in [5, 5.41) is 0. The van der Waals surface area contributed by atoms with Crippen LogP contribution in [0.1, 0.15) is 67.1 Å². The molecule has 2 heterocycles. The van der Waals surface area contributed by atoms with Gasteiger partial charge in [-0.2, -0.15) is 0 Å². The molecule has 14 nitrogen and oxygen atoms in total. The summed E-state index contributed by atoms with van der Waals surface area (Å²) in [4.78, 5) is 29.0. The Bertz CT molecular complexity index is 1990. The molecule has 0 fully saturated rings. The number of esters is 2. The van der Waals surface area contributed by atoms with E-state index in [4.69, 9.17) is 9.47 Å². The SMILES string of the molecule is CCOC(=O)c1ccc2c(c1)N(CCCS(=O)(=O)[O-])C(=CC=Cc1n(CCCS(=O)(=O)[O-])c3cc(C(=O)OCC)ccc3[n+]1CC)N2CC.[Na+]. The Morgan fingerprint density at radius 1 is 0.800 bits per heavy atom. The Kier molecular flexibility index (Phi) is 14.7. The molecule has 50 heavy (non-hydrogen) atoms. The minimum Gasteiger partial charge on any atom is -0.748 e. The Balaban J connectivity index is 0.00000676. The first kappa shape index (κ1) is 41.2. The fourth-order valence-electron chi connectivity index (χ4n) is 5.92. The van der Waals surface area contributed by atoms with Gasteiger partial charge in [0.15, 0.2) is 11.0 Å². The normalized spacial score (nSPS) is 14.0. The number of imidazole rings is 1. The monoisotopic (exact) mass is 740 g/mol. The molecule has 0 saturated heterocycles. The minimum absolute atomic E-state index is 0. The van der Waals surface area contributed by atoms with Gasteiger partial charge in [-0.1, -0.05) is 6.08 Å². The number of aromatic nitrogens is 2. The van der Waals surface area contributed by atoms with Gasteiger partial charge in [0.2, 0.25) is 0 Å². The van der Waals surface area contributed by atoms with Crippen molar-refractivity contribution < 1.29 is 79.1 Å². The van der Waals surface area contributed by atoms with Crippen LogP contribution in [-0.4, -0.2) is 80.3 Å². The zero-order chi connectivity index (χ0) is 35.9. The minimum atomic E-state index is -4.46. The van der Waals surface area contributed by atoms with Crippen LogP contribution in [0.25, 0.3) is 17.1 Å². The van der Waals surface area contributed by atoms with Gasteiger partial charge in [0.05, 0.1) is 69.0 Å². The molecule has 0 unspecified atom stereocenters. The van der Waals surface area contributed by atoms with Gasteiger partial charge in [-0.3, -0.25) is 0 Å². The van der Waals surface area contributed by atoms with Crippen molar-refractivity contribution in [2.75, 3.05) is 47.6 Å². The van der Waals surface area contributed by atoms with E-state index in [2.05, 4.69) is 0 Å². The van der Waals surface area contributed by atoms with Gasteiger partial charge in [0, 0.05) is 36.7 Å². The maximum Gasteiger partial charge on any atom is 1.00 e. The number of rotatable bonds is 16. The van der Waals surface area contributed by atoms with Crippen LogP contribution < -0.4 is 43.9 Å². The van der Waals surface area contributed by atoms with Gasteiger partial charge in [0.25, 0.3) is 5.82 Å². The predicted octanol–water partition coefficient (Wildman–Crippen LogP) is 0.378. The maximum atomic E-state index is 12.6. The van der Waals surface area contributed by atoms with Crippen molar-refractivity contribution in [2.24, 2.45) is 0 Å². The molecule has 0 amide bonds. The molecule has 0 N–H and O–H groups in total. The first-order valence-electron chi connectivity index (χ1n) is 16.1. The molecule has 1 aromatic heterocycles. The predicted molar refractivity (Wildman–Crippen MR) is 182 cm³/mol. The Morgan fingerprint density at radius 2 is 1.38 bits per heavy atom. The van der Waals surface area contributed by atoms with Gasteiger partial charge < -0.3 is 28.4 Å². The largest absolute Gasteiger partial charge is 1.00 e. The van der Waals surface area contributed by atoms with E-state index >= 15 is 0 Å². The van der Waals surface area contributed by atoms with Crippen molar-refractivity contribution in [3.05, 3.63) is 71.3 Å². The summed E-state index contributed by atoms with van der Waals surface area (Å²) in [7, 11) is -8.91. The van der Waals surface area contributed by atoms with Crippen LogP contribution >= 0.6 is 0 Å². The van der Waals surface area contributed by atoms with E-state index in [0.29, 0.717) is 47.1 Å². The molecule has 0 saturated carbocycles. The first-order chi connectivity index (χ1) is 23.2. The summed E-state index contributed by atoms with van der Waals surface area (Å²) in [6, 6.07) is 10.3. The van der Waals surface area contributed by atoms with E-state index in [1.165, 1.54) is 0 Å².